The summed E-state index contributed by atoms with van der Waals surface area (Å²) in [6.07, 6.45) is 9.95. The maximum Gasteiger partial charge on any atom is 0.242 e. The topological polar surface area (TPSA) is 101 Å². The number of pyridine rings is 1. The Kier molecular flexibility index (Phi) is 7.99. The maximum atomic E-state index is 14.9. The first kappa shape index (κ1) is 28.7. The number of anilines is 2. The fourth-order valence-electron chi connectivity index (χ4n) is 6.42. The second-order valence-corrected chi connectivity index (χ2v) is 12.6. The highest BCUT2D eigenvalue weighted by atomic mass is 32.2. The van der Waals surface area contributed by atoms with Crippen LogP contribution in [-0.2, 0) is 4.79 Å². The average molecular weight is 591 g/mol. The largest absolute Gasteiger partial charge is 0.357 e. The summed E-state index contributed by atoms with van der Waals surface area (Å²) in [5.74, 6) is 0.197. The fourth-order valence-corrected chi connectivity index (χ4v) is 6.93. The molecule has 2 fully saturated rings. The number of thioether (sulfide) groups is 1. The summed E-state index contributed by atoms with van der Waals surface area (Å²) < 4.78 is 14.9. The molecule has 0 radical (unpaired) electrons. The van der Waals surface area contributed by atoms with E-state index in [2.05, 4.69) is 49.7 Å². The van der Waals surface area contributed by atoms with Crippen molar-refractivity contribution in [3.8, 4) is 0 Å². The molecule has 1 aromatic carbocycles. The Morgan fingerprint density at radius 2 is 2.05 bits per heavy atom. The molecule has 3 aromatic rings. The molecule has 2 unspecified atom stereocenters. The first-order valence-electron chi connectivity index (χ1n) is 14.6. The van der Waals surface area contributed by atoms with Gasteiger partial charge >= 0.3 is 0 Å². The number of amides is 1. The standard InChI is InChI=1S/C31H39FN8OS/c1-5-23(40-17-31(18-40)10-13-39(3)14-11-31)29(41)38-28-27-20(9-12-33-28)21(16-34-27)26-19(2)15-35-30(37-26)36-22-7-6-8-24(42-4)25(22)32/h6-9,12,15-16,23,30,34-36H,5,10-11,13-14,17-18H2,1-4H3,(H,33,38,41). The van der Waals surface area contributed by atoms with Crippen molar-refractivity contribution in [3.05, 3.63) is 59.8 Å². The summed E-state index contributed by atoms with van der Waals surface area (Å²) in [6, 6.07) is 7.03. The molecule has 4 N–H and O–H groups in total. The lowest BCUT2D eigenvalue weighted by Gasteiger charge is -2.55. The third-order valence-corrected chi connectivity index (χ3v) is 9.67. The quantitative estimate of drug-likeness (QED) is 0.278. The number of fused-ring (bicyclic) bond motifs is 1. The minimum absolute atomic E-state index is 0.0227. The fraction of sp³-hybridized carbons (Fsp3) is 0.452. The zero-order valence-electron chi connectivity index (χ0n) is 24.6. The van der Waals surface area contributed by atoms with Gasteiger partial charge in [-0.1, -0.05) is 13.0 Å². The Bertz CT molecular complexity index is 1530. The molecular formula is C31H39FN8OS. The van der Waals surface area contributed by atoms with Crippen molar-refractivity contribution in [1.82, 2.24) is 25.1 Å². The lowest BCUT2D eigenvalue weighted by atomic mass is 9.71. The van der Waals surface area contributed by atoms with Crippen LogP contribution in [0.25, 0.3) is 10.9 Å². The number of hydrogen-bond donors (Lipinski definition) is 4. The van der Waals surface area contributed by atoms with Crippen molar-refractivity contribution >= 4 is 45.8 Å². The predicted octanol–water partition coefficient (Wildman–Crippen LogP) is 4.86. The number of rotatable bonds is 8. The molecule has 6 rings (SSSR count). The van der Waals surface area contributed by atoms with Crippen LogP contribution >= 0.6 is 11.8 Å². The summed E-state index contributed by atoms with van der Waals surface area (Å²) in [5, 5.41) is 10.4. The monoisotopic (exact) mass is 590 g/mol. The Balaban J connectivity index is 1.19. The van der Waals surface area contributed by atoms with Crippen LogP contribution in [0.15, 0.2) is 58.3 Å². The summed E-state index contributed by atoms with van der Waals surface area (Å²) in [7, 11) is 2.18. The number of halogens is 1. The Hall–Kier alpha value is -3.41. The molecular weight excluding hydrogens is 551 g/mol. The van der Waals surface area contributed by atoms with Gasteiger partial charge in [-0.2, -0.15) is 0 Å². The van der Waals surface area contributed by atoms with Gasteiger partial charge in [0.1, 0.15) is 0 Å². The van der Waals surface area contributed by atoms with Crippen molar-refractivity contribution in [2.24, 2.45) is 10.4 Å². The number of benzene rings is 1. The number of likely N-dealkylation sites (tertiary alicyclic amines) is 2. The van der Waals surface area contributed by atoms with Crippen LogP contribution in [0.4, 0.5) is 15.9 Å². The number of carbonyl (C=O) groups is 1. The third-order valence-electron chi connectivity index (χ3n) is 8.92. The second-order valence-electron chi connectivity index (χ2n) is 11.7. The smallest absolute Gasteiger partial charge is 0.242 e. The van der Waals surface area contributed by atoms with Gasteiger partial charge in [0.2, 0.25) is 5.91 Å². The number of nitrogens with zero attached hydrogens (tertiary/aromatic N) is 4. The van der Waals surface area contributed by atoms with Gasteiger partial charge in [0.15, 0.2) is 17.9 Å². The molecule has 0 saturated carbocycles. The van der Waals surface area contributed by atoms with Crippen LogP contribution in [0.1, 0.15) is 38.7 Å². The Morgan fingerprint density at radius 3 is 2.79 bits per heavy atom. The highest BCUT2D eigenvalue weighted by Crippen LogP contribution is 2.41. The van der Waals surface area contributed by atoms with Crippen LogP contribution < -0.4 is 16.0 Å². The maximum absolute atomic E-state index is 14.9. The molecule has 5 heterocycles. The van der Waals surface area contributed by atoms with Gasteiger partial charge in [-0.05, 0) is 81.8 Å². The molecule has 2 aromatic heterocycles. The van der Waals surface area contributed by atoms with Crippen LogP contribution in [-0.4, -0.2) is 83.2 Å². The normalized spacial score (nSPS) is 21.3. The van der Waals surface area contributed by atoms with Gasteiger partial charge in [-0.15, -0.1) is 11.8 Å². The van der Waals surface area contributed by atoms with E-state index in [-0.39, 0.29) is 17.8 Å². The number of piperidine rings is 1. The molecule has 2 saturated heterocycles. The number of aromatic amines is 1. The highest BCUT2D eigenvalue weighted by Gasteiger charge is 2.47. The molecule has 2 atom stereocenters. The van der Waals surface area contributed by atoms with E-state index in [1.165, 1.54) is 24.6 Å². The lowest BCUT2D eigenvalue weighted by molar-refractivity contribution is -0.130. The van der Waals surface area contributed by atoms with Crippen molar-refractivity contribution < 1.29 is 9.18 Å². The number of hydrogen-bond acceptors (Lipinski definition) is 8. The molecule has 42 heavy (non-hydrogen) atoms. The third kappa shape index (κ3) is 5.41. The highest BCUT2D eigenvalue weighted by molar-refractivity contribution is 7.98. The van der Waals surface area contributed by atoms with E-state index in [9.17, 15) is 9.18 Å². The molecule has 222 valence electrons. The molecule has 1 spiro atoms. The first-order valence-corrected chi connectivity index (χ1v) is 15.8. The van der Waals surface area contributed by atoms with Crippen molar-refractivity contribution in [3.63, 3.8) is 0 Å². The second kappa shape index (κ2) is 11.7. The SMILES string of the molecule is CCC(C(=O)Nc1nccc2c(C3=NC(Nc4cccc(SC)c4F)NC=C3C)c[nH]c12)N1CC2(CCN(C)CC2)C1. The van der Waals surface area contributed by atoms with Gasteiger partial charge in [0.25, 0.3) is 0 Å². The van der Waals surface area contributed by atoms with Crippen LogP contribution in [0.2, 0.25) is 0 Å². The van der Waals surface area contributed by atoms with E-state index in [0.717, 1.165) is 60.4 Å². The van der Waals surface area contributed by atoms with E-state index >= 15 is 0 Å². The number of aromatic nitrogens is 2. The van der Waals surface area contributed by atoms with Crippen LogP contribution in [0.5, 0.6) is 0 Å². The Morgan fingerprint density at radius 1 is 1.26 bits per heavy atom. The van der Waals surface area contributed by atoms with Crippen molar-refractivity contribution in [2.75, 3.05) is 50.1 Å². The van der Waals surface area contributed by atoms with Crippen LogP contribution in [0, 0.1) is 11.2 Å². The van der Waals surface area contributed by atoms with Gasteiger partial charge < -0.3 is 25.8 Å². The predicted molar refractivity (Wildman–Crippen MR) is 169 cm³/mol. The molecule has 9 nitrogen and oxygen atoms in total. The zero-order chi connectivity index (χ0) is 29.4. The first-order chi connectivity index (χ1) is 20.3. The molecule has 0 bridgehead atoms. The van der Waals surface area contributed by atoms with Crippen molar-refractivity contribution in [1.29, 1.82) is 0 Å². The Labute approximate surface area is 250 Å². The van der Waals surface area contributed by atoms with Gasteiger partial charge in [0.05, 0.1) is 23.0 Å². The van der Waals surface area contributed by atoms with Gasteiger partial charge in [-0.3, -0.25) is 9.69 Å². The molecule has 3 aliphatic heterocycles. The van der Waals surface area contributed by atoms with E-state index in [0.29, 0.717) is 21.8 Å². The number of allylic oxidation sites excluding steroid dienone is 1. The molecule has 0 aliphatic carbocycles. The van der Waals surface area contributed by atoms with E-state index in [1.54, 1.807) is 18.3 Å². The van der Waals surface area contributed by atoms with Crippen LogP contribution in [0.3, 0.4) is 0 Å². The summed E-state index contributed by atoms with van der Waals surface area (Å²) in [6.45, 7) is 8.28. The number of nitrogens with one attached hydrogen (secondary N) is 4. The average Bonchev–Trinajstić information content (AvgIpc) is 3.41. The molecule has 1 amide bonds. The molecule has 3 aliphatic rings. The van der Waals surface area contributed by atoms with E-state index < -0.39 is 6.29 Å². The van der Waals surface area contributed by atoms with Crippen molar-refractivity contribution in [2.45, 2.75) is 50.3 Å². The van der Waals surface area contributed by atoms with Gasteiger partial charge in [0, 0.05) is 47.5 Å². The van der Waals surface area contributed by atoms with E-state index in [4.69, 9.17) is 4.99 Å². The summed E-state index contributed by atoms with van der Waals surface area (Å²) in [4.78, 5) is 31.5. The minimum atomic E-state index is -0.545. The van der Waals surface area contributed by atoms with Gasteiger partial charge in [-0.25, -0.2) is 14.4 Å². The summed E-state index contributed by atoms with van der Waals surface area (Å²) >= 11 is 1.36. The summed E-state index contributed by atoms with van der Waals surface area (Å²) in [5.41, 5.74) is 4.12. The lowest BCUT2D eigenvalue weighted by Crippen LogP contribution is -2.64. The molecule has 11 heteroatoms. The number of aliphatic imine (C=N–C) groups is 1. The van der Waals surface area contributed by atoms with E-state index in [1.807, 2.05) is 37.7 Å². The zero-order valence-corrected chi connectivity index (χ0v) is 25.4. The minimum Gasteiger partial charge on any atom is -0.357 e. The number of H-pyrrole nitrogens is 1. The number of carbonyl (C=O) groups excluding carboxylic acids is 1.